The molecule has 0 radical (unpaired) electrons. The van der Waals surface area contributed by atoms with Crippen LogP contribution >= 0.6 is 0 Å². The molecule has 2 atom stereocenters. The van der Waals surface area contributed by atoms with Crippen LogP contribution in [0.5, 0.6) is 0 Å². The normalized spacial score (nSPS) is 19.8. The number of fused-ring (bicyclic) bond motifs is 1. The molecule has 0 saturated carbocycles. The van der Waals surface area contributed by atoms with Crippen LogP contribution in [-0.4, -0.2) is 34.6 Å². The summed E-state index contributed by atoms with van der Waals surface area (Å²) in [5.41, 5.74) is 3.92. The number of hydrogen-bond donors (Lipinski definition) is 3. The molecule has 29 heavy (non-hydrogen) atoms. The van der Waals surface area contributed by atoms with Crippen molar-refractivity contribution in [1.29, 1.82) is 0 Å². The van der Waals surface area contributed by atoms with Crippen LogP contribution in [-0.2, 0) is 15.6 Å². The molecular formula is C24H39NO4. The highest BCUT2D eigenvalue weighted by Gasteiger charge is 2.38. The number of aliphatic hydroxyl groups is 2. The minimum atomic E-state index is -0.999. The molecule has 0 aliphatic heterocycles. The van der Waals surface area contributed by atoms with Gasteiger partial charge in [-0.2, -0.15) is 0 Å². The molecule has 1 aliphatic rings. The number of hydrogen-bond acceptors (Lipinski definition) is 4. The van der Waals surface area contributed by atoms with Crippen LogP contribution < -0.4 is 5.32 Å². The highest BCUT2D eigenvalue weighted by Crippen LogP contribution is 2.47. The smallest absolute Gasteiger partial charge is 0.407 e. The molecule has 2 unspecified atom stereocenters. The molecule has 0 bridgehead atoms. The van der Waals surface area contributed by atoms with Crippen molar-refractivity contribution >= 4 is 6.09 Å². The Kier molecular flexibility index (Phi) is 6.75. The Bertz CT molecular complexity index is 746. The molecule has 0 spiro atoms. The van der Waals surface area contributed by atoms with Crippen molar-refractivity contribution in [3.05, 3.63) is 34.4 Å². The van der Waals surface area contributed by atoms with E-state index in [-0.39, 0.29) is 23.8 Å². The van der Waals surface area contributed by atoms with E-state index in [2.05, 4.69) is 45.1 Å². The second kappa shape index (κ2) is 8.27. The summed E-state index contributed by atoms with van der Waals surface area (Å²) in [6.45, 7) is 16.6. The summed E-state index contributed by atoms with van der Waals surface area (Å²) < 4.78 is 5.19. The van der Waals surface area contributed by atoms with Crippen LogP contribution in [0.15, 0.2) is 12.1 Å². The summed E-state index contributed by atoms with van der Waals surface area (Å²) in [5, 5.41) is 24.0. The van der Waals surface area contributed by atoms with Gasteiger partial charge in [0.05, 0.1) is 6.10 Å². The number of carbonyl (C=O) groups is 1. The Balaban J connectivity index is 2.13. The van der Waals surface area contributed by atoms with E-state index >= 15 is 0 Å². The van der Waals surface area contributed by atoms with E-state index in [1.54, 1.807) is 20.8 Å². The minimum absolute atomic E-state index is 0.0379. The molecule has 1 aromatic rings. The van der Waals surface area contributed by atoms with Gasteiger partial charge in [-0.05, 0) is 80.0 Å². The number of rotatable bonds is 5. The fourth-order valence-electron chi connectivity index (χ4n) is 4.06. The topological polar surface area (TPSA) is 78.8 Å². The minimum Gasteiger partial charge on any atom is -0.444 e. The van der Waals surface area contributed by atoms with Gasteiger partial charge in [0.2, 0.25) is 0 Å². The van der Waals surface area contributed by atoms with Gasteiger partial charge in [0, 0.05) is 6.54 Å². The third-order valence-corrected chi connectivity index (χ3v) is 6.03. The standard InChI is InChI=1S/C24H39NO4/c1-15-13-17-18(24(7,8)11-10-23(17,5)6)14-16(15)20(27)19(26)9-12-25-21(28)29-22(2,3)4/h13-14,19-20,26-27H,9-12H2,1-8H3,(H,25,28). The SMILES string of the molecule is Cc1cc2c(cc1C(O)C(O)CCNC(=O)OC(C)(C)C)C(C)(C)CCC2(C)C. The molecule has 164 valence electrons. The van der Waals surface area contributed by atoms with E-state index in [0.29, 0.717) is 0 Å². The molecular weight excluding hydrogens is 366 g/mol. The Hall–Kier alpha value is -1.59. The summed E-state index contributed by atoms with van der Waals surface area (Å²) in [4.78, 5) is 11.7. The lowest BCUT2D eigenvalue weighted by atomic mass is 9.62. The van der Waals surface area contributed by atoms with Gasteiger partial charge >= 0.3 is 6.09 Å². The molecule has 5 heteroatoms. The first-order chi connectivity index (χ1) is 13.1. The zero-order valence-electron chi connectivity index (χ0n) is 19.3. The molecule has 0 saturated heterocycles. The average Bonchev–Trinajstić information content (AvgIpc) is 2.56. The van der Waals surface area contributed by atoms with Crippen molar-refractivity contribution in [2.75, 3.05) is 6.54 Å². The Morgan fingerprint density at radius 3 is 2.14 bits per heavy atom. The van der Waals surface area contributed by atoms with E-state index < -0.39 is 23.9 Å². The lowest BCUT2D eigenvalue weighted by Crippen LogP contribution is -2.35. The number of alkyl carbamates (subject to hydrolysis) is 1. The van der Waals surface area contributed by atoms with Crippen LogP contribution in [0.4, 0.5) is 4.79 Å². The van der Waals surface area contributed by atoms with Crippen LogP contribution in [0, 0.1) is 6.92 Å². The van der Waals surface area contributed by atoms with Crippen molar-refractivity contribution < 1.29 is 19.7 Å². The van der Waals surface area contributed by atoms with Gasteiger partial charge < -0.3 is 20.3 Å². The first kappa shape index (κ1) is 23.7. The molecule has 5 nitrogen and oxygen atoms in total. The van der Waals surface area contributed by atoms with Gasteiger partial charge in [-0.1, -0.05) is 39.8 Å². The summed E-state index contributed by atoms with van der Waals surface area (Å²) in [6.07, 6.45) is -0.0244. The summed E-state index contributed by atoms with van der Waals surface area (Å²) in [7, 11) is 0. The number of benzene rings is 1. The third kappa shape index (κ3) is 5.73. The van der Waals surface area contributed by atoms with Gasteiger partial charge in [-0.25, -0.2) is 4.79 Å². The van der Waals surface area contributed by atoms with Gasteiger partial charge in [0.25, 0.3) is 0 Å². The van der Waals surface area contributed by atoms with Crippen molar-refractivity contribution in [3.63, 3.8) is 0 Å². The quantitative estimate of drug-likeness (QED) is 0.666. The number of aryl methyl sites for hydroxylation is 1. The maximum Gasteiger partial charge on any atom is 0.407 e. The van der Waals surface area contributed by atoms with Gasteiger partial charge in [-0.15, -0.1) is 0 Å². The summed E-state index contributed by atoms with van der Waals surface area (Å²) in [6, 6.07) is 4.27. The number of nitrogens with one attached hydrogen (secondary N) is 1. The Labute approximate surface area is 175 Å². The fourth-order valence-corrected chi connectivity index (χ4v) is 4.06. The molecule has 0 aromatic heterocycles. The van der Waals surface area contributed by atoms with Crippen LogP contribution in [0.25, 0.3) is 0 Å². The number of aliphatic hydroxyl groups excluding tert-OH is 2. The Morgan fingerprint density at radius 2 is 1.62 bits per heavy atom. The number of carbonyl (C=O) groups excluding carboxylic acids is 1. The van der Waals surface area contributed by atoms with Crippen molar-refractivity contribution in [2.45, 2.75) is 103 Å². The van der Waals surface area contributed by atoms with E-state index in [1.807, 2.05) is 6.92 Å². The maximum atomic E-state index is 11.7. The zero-order chi connectivity index (χ0) is 22.2. The molecule has 3 N–H and O–H groups in total. The van der Waals surface area contributed by atoms with E-state index in [9.17, 15) is 15.0 Å². The predicted molar refractivity (Wildman–Crippen MR) is 116 cm³/mol. The molecule has 0 heterocycles. The van der Waals surface area contributed by atoms with Crippen molar-refractivity contribution in [2.24, 2.45) is 0 Å². The van der Waals surface area contributed by atoms with E-state index in [4.69, 9.17) is 4.74 Å². The highest BCUT2D eigenvalue weighted by molar-refractivity contribution is 5.67. The largest absolute Gasteiger partial charge is 0.444 e. The highest BCUT2D eigenvalue weighted by atomic mass is 16.6. The average molecular weight is 406 g/mol. The lowest BCUT2D eigenvalue weighted by molar-refractivity contribution is 0.0118. The molecule has 1 aromatic carbocycles. The molecule has 1 aliphatic carbocycles. The predicted octanol–water partition coefficient (Wildman–Crippen LogP) is 4.65. The van der Waals surface area contributed by atoms with Crippen molar-refractivity contribution in [1.82, 2.24) is 5.32 Å². The van der Waals surface area contributed by atoms with Gasteiger partial charge in [0.15, 0.2) is 0 Å². The van der Waals surface area contributed by atoms with Crippen molar-refractivity contribution in [3.8, 4) is 0 Å². The summed E-state index contributed by atoms with van der Waals surface area (Å²) in [5.74, 6) is 0. The number of ether oxygens (including phenoxy) is 1. The van der Waals surface area contributed by atoms with Gasteiger partial charge in [0.1, 0.15) is 11.7 Å². The van der Waals surface area contributed by atoms with Gasteiger partial charge in [-0.3, -0.25) is 0 Å². The monoisotopic (exact) mass is 405 g/mol. The summed E-state index contributed by atoms with van der Waals surface area (Å²) >= 11 is 0. The molecule has 2 rings (SSSR count). The Morgan fingerprint density at radius 1 is 1.10 bits per heavy atom. The van der Waals surface area contributed by atoms with E-state index in [0.717, 1.165) is 24.0 Å². The van der Waals surface area contributed by atoms with E-state index in [1.165, 1.54) is 11.1 Å². The van der Waals surface area contributed by atoms with Crippen LogP contribution in [0.2, 0.25) is 0 Å². The first-order valence-electron chi connectivity index (χ1n) is 10.6. The zero-order valence-corrected chi connectivity index (χ0v) is 19.3. The second-order valence-electron chi connectivity index (χ2n) is 10.8. The maximum absolute atomic E-state index is 11.7. The van der Waals surface area contributed by atoms with Crippen LogP contribution in [0.1, 0.15) is 96.1 Å². The van der Waals surface area contributed by atoms with Crippen LogP contribution in [0.3, 0.4) is 0 Å². The third-order valence-electron chi connectivity index (χ3n) is 6.03. The second-order valence-corrected chi connectivity index (χ2v) is 10.8. The number of amides is 1. The fraction of sp³-hybridized carbons (Fsp3) is 0.708. The molecule has 0 fully saturated rings. The first-order valence-corrected chi connectivity index (χ1v) is 10.6. The molecule has 1 amide bonds. The lowest BCUT2D eigenvalue weighted by Gasteiger charge is -2.42.